The number of phenolic OH excluding ortho intramolecular Hbond substituents is 1. The summed E-state index contributed by atoms with van der Waals surface area (Å²) in [6, 6.07) is 12.8. The van der Waals surface area contributed by atoms with Crippen LogP contribution in [0, 0.1) is 0 Å². The van der Waals surface area contributed by atoms with Gasteiger partial charge in [0, 0.05) is 18.5 Å². The van der Waals surface area contributed by atoms with Gasteiger partial charge in [0.2, 0.25) is 0 Å². The van der Waals surface area contributed by atoms with E-state index in [-0.39, 0.29) is 5.75 Å². The normalized spacial score (nSPS) is 10.6. The van der Waals surface area contributed by atoms with Crippen molar-refractivity contribution in [2.75, 3.05) is 0 Å². The molecule has 1 aromatic heterocycles. The van der Waals surface area contributed by atoms with Gasteiger partial charge in [-0.1, -0.05) is 35.9 Å². The Hall–Kier alpha value is -2.26. The molecule has 2 aromatic carbocycles. The maximum atomic E-state index is 9.98. The molecule has 0 aliphatic rings. The van der Waals surface area contributed by atoms with Gasteiger partial charge in [-0.2, -0.15) is 0 Å². The zero-order valence-corrected chi connectivity index (χ0v) is 10.6. The molecule has 3 nitrogen and oxygen atoms in total. The number of ether oxygens (including phenoxy) is 1. The first-order chi connectivity index (χ1) is 9.24. The second-order valence-corrected chi connectivity index (χ2v) is 4.48. The average molecular weight is 272 g/mol. The Morgan fingerprint density at radius 2 is 1.74 bits per heavy atom. The third-order valence-corrected chi connectivity index (χ3v) is 3.07. The fourth-order valence-electron chi connectivity index (χ4n) is 1.85. The van der Waals surface area contributed by atoms with Crippen molar-refractivity contribution in [3.63, 3.8) is 0 Å². The molecule has 0 aliphatic heterocycles. The highest BCUT2D eigenvalue weighted by molar-refractivity contribution is 6.31. The maximum Gasteiger partial charge on any atom is 0.169 e. The number of benzene rings is 2. The summed E-state index contributed by atoms with van der Waals surface area (Å²) in [5.41, 5.74) is 0. The summed E-state index contributed by atoms with van der Waals surface area (Å²) in [5.74, 6) is 0.903. The summed E-state index contributed by atoms with van der Waals surface area (Å²) in [4.78, 5) is 3.88. The predicted octanol–water partition coefficient (Wildman–Crippen LogP) is 4.39. The minimum Gasteiger partial charge on any atom is -0.504 e. The summed E-state index contributed by atoms with van der Waals surface area (Å²) in [6.07, 6.45) is 3.08. The van der Waals surface area contributed by atoms with Crippen LogP contribution in [0.3, 0.4) is 0 Å². The fraction of sp³-hybridized carbons (Fsp3) is 0. The van der Waals surface area contributed by atoms with Crippen LogP contribution >= 0.6 is 11.6 Å². The molecule has 1 heterocycles. The quantitative estimate of drug-likeness (QED) is 0.752. The molecule has 0 saturated carbocycles. The second kappa shape index (κ2) is 4.78. The van der Waals surface area contributed by atoms with E-state index >= 15 is 0 Å². The number of hydrogen-bond donors (Lipinski definition) is 1. The van der Waals surface area contributed by atoms with Crippen molar-refractivity contribution in [3.8, 4) is 17.2 Å². The van der Waals surface area contributed by atoms with Gasteiger partial charge in [-0.25, -0.2) is 0 Å². The Kier molecular flexibility index (Phi) is 2.97. The van der Waals surface area contributed by atoms with Crippen molar-refractivity contribution in [1.82, 2.24) is 4.98 Å². The minimum absolute atomic E-state index is 0.0755. The largest absolute Gasteiger partial charge is 0.504 e. The number of fused-ring (bicyclic) bond motifs is 1. The Morgan fingerprint density at radius 1 is 1.00 bits per heavy atom. The van der Waals surface area contributed by atoms with Gasteiger partial charge in [0.1, 0.15) is 10.8 Å². The molecule has 1 N–H and O–H groups in total. The highest BCUT2D eigenvalue weighted by Crippen LogP contribution is 2.36. The predicted molar refractivity (Wildman–Crippen MR) is 74.9 cm³/mol. The van der Waals surface area contributed by atoms with Crippen LogP contribution in [0.5, 0.6) is 17.2 Å². The molecule has 0 spiro atoms. The maximum absolute atomic E-state index is 9.98. The number of nitrogens with zero attached hydrogens (tertiary/aromatic N) is 1. The van der Waals surface area contributed by atoms with E-state index in [4.69, 9.17) is 16.3 Å². The molecular weight excluding hydrogens is 262 g/mol. The van der Waals surface area contributed by atoms with Crippen LogP contribution in [-0.2, 0) is 0 Å². The SMILES string of the molecule is Oc1cc2ccccc2cc1Oc1ccncc1Cl. The molecule has 94 valence electrons. The van der Waals surface area contributed by atoms with Crippen molar-refractivity contribution < 1.29 is 9.84 Å². The molecule has 4 heteroatoms. The van der Waals surface area contributed by atoms with Gasteiger partial charge in [-0.15, -0.1) is 0 Å². The van der Waals surface area contributed by atoms with Crippen molar-refractivity contribution >= 4 is 22.4 Å². The van der Waals surface area contributed by atoms with Crippen molar-refractivity contribution in [3.05, 3.63) is 59.9 Å². The number of aromatic hydroxyl groups is 1. The average Bonchev–Trinajstić information content (AvgIpc) is 2.42. The number of hydrogen-bond acceptors (Lipinski definition) is 3. The number of halogens is 1. The van der Waals surface area contributed by atoms with E-state index < -0.39 is 0 Å². The number of pyridine rings is 1. The zero-order chi connectivity index (χ0) is 13.2. The lowest BCUT2D eigenvalue weighted by atomic mass is 10.1. The molecule has 3 aromatic rings. The fourth-order valence-corrected chi connectivity index (χ4v) is 2.01. The summed E-state index contributed by atoms with van der Waals surface area (Å²) in [6.45, 7) is 0. The van der Waals surface area contributed by atoms with Crippen LogP contribution in [0.15, 0.2) is 54.9 Å². The molecular formula is C15H10ClNO2. The highest BCUT2D eigenvalue weighted by atomic mass is 35.5. The molecule has 0 atom stereocenters. The first-order valence-electron chi connectivity index (χ1n) is 5.73. The molecule has 0 radical (unpaired) electrons. The van der Waals surface area contributed by atoms with E-state index in [2.05, 4.69) is 4.98 Å². The van der Waals surface area contributed by atoms with Crippen LogP contribution in [0.1, 0.15) is 0 Å². The number of rotatable bonds is 2. The van der Waals surface area contributed by atoms with E-state index in [1.807, 2.05) is 24.3 Å². The third-order valence-electron chi connectivity index (χ3n) is 2.78. The van der Waals surface area contributed by atoms with Gasteiger partial charge in [0.25, 0.3) is 0 Å². The first kappa shape index (κ1) is 11.8. The van der Waals surface area contributed by atoms with Crippen LogP contribution in [-0.4, -0.2) is 10.1 Å². The summed E-state index contributed by atoms with van der Waals surface area (Å²) < 4.78 is 5.63. The Bertz CT molecular complexity index is 743. The lowest BCUT2D eigenvalue weighted by molar-refractivity contribution is 0.412. The minimum atomic E-state index is 0.0755. The summed E-state index contributed by atoms with van der Waals surface area (Å²) >= 11 is 5.98. The lowest BCUT2D eigenvalue weighted by Crippen LogP contribution is -1.87. The number of phenols is 1. The molecule has 0 aliphatic carbocycles. The van der Waals surface area contributed by atoms with Gasteiger partial charge in [0.05, 0.1) is 0 Å². The van der Waals surface area contributed by atoms with Crippen LogP contribution < -0.4 is 4.74 Å². The second-order valence-electron chi connectivity index (χ2n) is 4.08. The standard InChI is InChI=1S/C15H10ClNO2/c16-12-9-17-6-5-14(12)19-15-8-11-4-2-1-3-10(11)7-13(15)18/h1-9,18H. The molecule has 0 saturated heterocycles. The van der Waals surface area contributed by atoms with Gasteiger partial charge in [-0.3, -0.25) is 4.98 Å². The molecule has 0 bridgehead atoms. The van der Waals surface area contributed by atoms with Gasteiger partial charge in [0.15, 0.2) is 11.5 Å². The zero-order valence-electron chi connectivity index (χ0n) is 9.88. The topological polar surface area (TPSA) is 42.4 Å². The Balaban J connectivity index is 2.06. The van der Waals surface area contributed by atoms with Crippen LogP contribution in [0.2, 0.25) is 5.02 Å². The Labute approximate surface area is 115 Å². The van der Waals surface area contributed by atoms with Crippen molar-refractivity contribution in [2.24, 2.45) is 0 Å². The molecule has 19 heavy (non-hydrogen) atoms. The van der Waals surface area contributed by atoms with E-state index in [0.29, 0.717) is 16.5 Å². The number of aromatic nitrogens is 1. The van der Waals surface area contributed by atoms with E-state index in [1.165, 1.54) is 6.20 Å². The van der Waals surface area contributed by atoms with Crippen LogP contribution in [0.4, 0.5) is 0 Å². The highest BCUT2D eigenvalue weighted by Gasteiger charge is 2.08. The monoisotopic (exact) mass is 271 g/mol. The molecule has 0 fully saturated rings. The Morgan fingerprint density at radius 3 is 2.47 bits per heavy atom. The van der Waals surface area contributed by atoms with Crippen molar-refractivity contribution in [2.45, 2.75) is 0 Å². The van der Waals surface area contributed by atoms with E-state index in [9.17, 15) is 5.11 Å². The third kappa shape index (κ3) is 2.33. The van der Waals surface area contributed by atoms with Gasteiger partial charge < -0.3 is 9.84 Å². The lowest BCUT2D eigenvalue weighted by Gasteiger charge is -2.10. The first-order valence-corrected chi connectivity index (χ1v) is 6.11. The molecule has 0 unspecified atom stereocenters. The molecule has 0 amide bonds. The smallest absolute Gasteiger partial charge is 0.169 e. The van der Waals surface area contributed by atoms with Crippen LogP contribution in [0.25, 0.3) is 10.8 Å². The van der Waals surface area contributed by atoms with Gasteiger partial charge >= 0.3 is 0 Å². The van der Waals surface area contributed by atoms with Crippen molar-refractivity contribution in [1.29, 1.82) is 0 Å². The molecule has 3 rings (SSSR count). The summed E-state index contributed by atoms with van der Waals surface area (Å²) in [7, 11) is 0. The van der Waals surface area contributed by atoms with E-state index in [0.717, 1.165) is 10.8 Å². The van der Waals surface area contributed by atoms with E-state index in [1.54, 1.807) is 24.4 Å². The summed E-state index contributed by atoms with van der Waals surface area (Å²) in [5, 5.41) is 12.3. The van der Waals surface area contributed by atoms with Gasteiger partial charge in [-0.05, 0) is 22.9 Å².